The molecule has 0 spiro atoms. The summed E-state index contributed by atoms with van der Waals surface area (Å²) >= 11 is 0. The number of benzene rings is 2. The monoisotopic (exact) mass is 413 g/mol. The van der Waals surface area contributed by atoms with Crippen molar-refractivity contribution in [3.63, 3.8) is 0 Å². The number of rotatable bonds is 0. The van der Waals surface area contributed by atoms with Crippen molar-refractivity contribution in [1.82, 2.24) is 0 Å². The third-order valence-electron chi connectivity index (χ3n) is 4.21. The molecular formula is C21H16ClNO6. The van der Waals surface area contributed by atoms with E-state index in [1.807, 2.05) is 48.6 Å². The van der Waals surface area contributed by atoms with E-state index >= 15 is 0 Å². The maximum absolute atomic E-state index is 12.6. The van der Waals surface area contributed by atoms with Gasteiger partial charge in [0.25, 0.3) is 5.78 Å². The van der Waals surface area contributed by atoms with Crippen molar-refractivity contribution in [2.24, 2.45) is 0 Å². The van der Waals surface area contributed by atoms with Crippen LogP contribution in [0.25, 0.3) is 16.8 Å². The number of nitrogens with one attached hydrogen (secondary N) is 1. The summed E-state index contributed by atoms with van der Waals surface area (Å²) in [6.45, 7) is 0. The number of halogens is 1. The highest BCUT2D eigenvalue weighted by molar-refractivity contribution is 6.48. The molecule has 1 N–H and O–H groups in total. The van der Waals surface area contributed by atoms with Gasteiger partial charge in [-0.2, -0.15) is 0 Å². The van der Waals surface area contributed by atoms with Crippen LogP contribution < -0.4 is 28.4 Å². The first kappa shape index (κ1) is 20.7. The molecule has 29 heavy (non-hydrogen) atoms. The van der Waals surface area contributed by atoms with Crippen LogP contribution in [-0.4, -0.2) is 18.5 Å². The molecule has 1 aliphatic carbocycles. The maximum Gasteiger partial charge on any atom is 0.259 e. The minimum Gasteiger partial charge on any atom is -0.456 e. The van der Waals surface area contributed by atoms with E-state index in [-0.39, 0.29) is 5.78 Å². The summed E-state index contributed by atoms with van der Waals surface area (Å²) in [5.41, 5.74) is 2.13. The second-order valence-corrected chi connectivity index (χ2v) is 6.76. The molecule has 7 nitrogen and oxygen atoms in total. The summed E-state index contributed by atoms with van der Waals surface area (Å²) < 4.78 is 40.0. The molecule has 1 aliphatic heterocycles. The minimum atomic E-state index is -4.94. The van der Waals surface area contributed by atoms with E-state index < -0.39 is 10.2 Å². The molecule has 0 saturated heterocycles. The van der Waals surface area contributed by atoms with Crippen molar-refractivity contribution in [3.05, 3.63) is 83.7 Å². The fourth-order valence-electron chi connectivity index (χ4n) is 2.98. The molecule has 2 aliphatic rings. The molecule has 2 aromatic carbocycles. The molecule has 8 heteroatoms. The number of Topliss-reactive ketones (excluding diaryl/α,β-unsaturated/α-hetero) is 1. The smallest absolute Gasteiger partial charge is 0.259 e. The van der Waals surface area contributed by atoms with Crippen molar-refractivity contribution < 1.29 is 43.4 Å². The van der Waals surface area contributed by atoms with Gasteiger partial charge < -0.3 is 4.74 Å². The average Bonchev–Trinajstić information content (AvgIpc) is 2.87. The molecule has 4 rings (SSSR count). The number of hydrogen-bond acceptors (Lipinski definition) is 6. The standard InChI is InChI=1S/C21H15NO2.ClHO4/c1-22-18-9-5-4-8-17(21(18)23)20-13-11-16-15-7-3-2-6-14(15)10-12-19(16)24-20;2-1(3,4)5/h2-13H,1H3;(H,2,3,4,5)/b20-17-,22-18?;. The first-order valence-electron chi connectivity index (χ1n) is 8.46. The summed E-state index contributed by atoms with van der Waals surface area (Å²) in [4.78, 5) is 15.6. The molecule has 0 amide bonds. The zero-order chi connectivity index (χ0) is 21.0. The molecule has 0 unspecified atom stereocenters. The van der Waals surface area contributed by atoms with Gasteiger partial charge in [-0.3, -0.25) is 4.79 Å². The lowest BCUT2D eigenvalue weighted by atomic mass is 9.99. The summed E-state index contributed by atoms with van der Waals surface area (Å²) in [6, 6.07) is 12.2. The van der Waals surface area contributed by atoms with Crippen LogP contribution >= 0.6 is 0 Å². The van der Waals surface area contributed by atoms with Crippen LogP contribution in [0.1, 0.15) is 5.56 Å². The molecule has 2 aromatic rings. The quantitative estimate of drug-likeness (QED) is 0.478. The van der Waals surface area contributed by atoms with Gasteiger partial charge in [0.15, 0.2) is 0 Å². The van der Waals surface area contributed by atoms with Crippen LogP contribution in [0.5, 0.6) is 5.75 Å². The summed E-state index contributed by atoms with van der Waals surface area (Å²) in [5, 5.41) is 2.31. The van der Waals surface area contributed by atoms with Gasteiger partial charge >= 0.3 is 0 Å². The first-order chi connectivity index (χ1) is 13.8. The van der Waals surface area contributed by atoms with Crippen molar-refractivity contribution in [2.45, 2.75) is 0 Å². The van der Waals surface area contributed by atoms with Gasteiger partial charge in [-0.25, -0.2) is 23.6 Å². The van der Waals surface area contributed by atoms with Gasteiger partial charge in [0.1, 0.15) is 18.6 Å². The zero-order valence-electron chi connectivity index (χ0n) is 15.3. The third-order valence-corrected chi connectivity index (χ3v) is 4.21. The highest BCUT2D eigenvalue weighted by atomic mass is 35.7. The molecule has 0 saturated carbocycles. The number of ether oxygens (including phenoxy) is 1. The van der Waals surface area contributed by atoms with Crippen molar-refractivity contribution >= 4 is 28.3 Å². The second kappa shape index (κ2) is 8.52. The van der Waals surface area contributed by atoms with E-state index in [1.54, 1.807) is 19.2 Å². The molecule has 148 valence electrons. The number of ketones is 1. The molecule has 0 radical (unpaired) electrons. The molecule has 0 aromatic heterocycles. The van der Waals surface area contributed by atoms with Gasteiger partial charge in [0.05, 0.1) is 5.57 Å². The van der Waals surface area contributed by atoms with Gasteiger partial charge in [-0.1, -0.05) is 42.5 Å². The van der Waals surface area contributed by atoms with E-state index in [0.717, 1.165) is 16.7 Å². The summed E-state index contributed by atoms with van der Waals surface area (Å²) in [7, 11) is -3.20. The SMILES string of the molecule is C[NH+]=C1C=CC=C/C(=C2\C=Cc3c(ccc4ccccc34)O2)C1=O.[O-][Cl+3]([O-])([O-])[O-]. The predicted octanol–water partition coefficient (Wildman–Crippen LogP) is -2.41. The topological polar surface area (TPSA) is 133 Å². The van der Waals surface area contributed by atoms with Crippen LogP contribution in [0.15, 0.2) is 78.1 Å². The highest BCUT2D eigenvalue weighted by Crippen LogP contribution is 2.34. The van der Waals surface area contributed by atoms with E-state index in [9.17, 15) is 4.79 Å². The lowest BCUT2D eigenvalue weighted by Crippen LogP contribution is -2.69. The average molecular weight is 414 g/mol. The zero-order valence-corrected chi connectivity index (χ0v) is 16.0. The number of fused-ring (bicyclic) bond motifs is 3. The lowest BCUT2D eigenvalue weighted by molar-refractivity contribution is -2.00. The normalized spacial score (nSPS) is 19.5. The van der Waals surface area contributed by atoms with Gasteiger partial charge in [0, 0.05) is 11.6 Å². The Morgan fingerprint density at radius 3 is 2.31 bits per heavy atom. The van der Waals surface area contributed by atoms with Crippen LogP contribution in [0.4, 0.5) is 0 Å². The van der Waals surface area contributed by atoms with E-state index in [4.69, 9.17) is 23.4 Å². The molecule has 0 bridgehead atoms. The van der Waals surface area contributed by atoms with Crippen molar-refractivity contribution in [3.8, 4) is 5.75 Å². The highest BCUT2D eigenvalue weighted by Gasteiger charge is 2.24. The Hall–Kier alpha value is -3.07. The largest absolute Gasteiger partial charge is 0.456 e. The Kier molecular flexibility index (Phi) is 6.07. The van der Waals surface area contributed by atoms with Crippen molar-refractivity contribution in [1.29, 1.82) is 0 Å². The summed E-state index contributed by atoms with van der Waals surface area (Å²) in [5.74, 6) is 1.25. The molecule has 0 fully saturated rings. The second-order valence-electron chi connectivity index (χ2n) is 6.00. The Morgan fingerprint density at radius 1 is 0.897 bits per heavy atom. The van der Waals surface area contributed by atoms with Gasteiger partial charge in [-0.05, 0) is 35.1 Å². The first-order valence-corrected chi connectivity index (χ1v) is 9.69. The van der Waals surface area contributed by atoms with E-state index in [0.29, 0.717) is 17.0 Å². The third kappa shape index (κ3) is 5.05. The van der Waals surface area contributed by atoms with E-state index in [2.05, 4.69) is 17.1 Å². The number of allylic oxidation sites excluding steroid dienone is 6. The molecule has 1 heterocycles. The van der Waals surface area contributed by atoms with Crippen LogP contribution in [0, 0.1) is 10.2 Å². The number of hydrogen-bond donors (Lipinski definition) is 1. The number of carbonyl (C=O) groups excluding carboxylic acids is 1. The predicted molar refractivity (Wildman–Crippen MR) is 95.8 cm³/mol. The van der Waals surface area contributed by atoms with Crippen LogP contribution in [-0.2, 0) is 4.79 Å². The molecular weight excluding hydrogens is 398 g/mol. The van der Waals surface area contributed by atoms with Crippen LogP contribution in [0.3, 0.4) is 0 Å². The Bertz CT molecular complexity index is 1100. The van der Waals surface area contributed by atoms with Crippen LogP contribution in [0.2, 0.25) is 0 Å². The lowest BCUT2D eigenvalue weighted by Gasteiger charge is -2.18. The number of carbonyl (C=O) groups is 1. The fraction of sp³-hybridized carbons (Fsp3) is 0.0476. The molecule has 0 atom stereocenters. The Balaban J connectivity index is 0.000000431. The van der Waals surface area contributed by atoms with Crippen molar-refractivity contribution in [2.75, 3.05) is 7.05 Å². The van der Waals surface area contributed by atoms with Gasteiger partial charge in [-0.15, -0.1) is 10.2 Å². The summed E-state index contributed by atoms with van der Waals surface area (Å²) in [6.07, 6.45) is 11.1. The Labute approximate surface area is 168 Å². The van der Waals surface area contributed by atoms with E-state index in [1.165, 1.54) is 5.39 Å². The Morgan fingerprint density at radius 2 is 1.59 bits per heavy atom. The fourth-order valence-corrected chi connectivity index (χ4v) is 2.98. The van der Waals surface area contributed by atoms with Gasteiger partial charge in [0.2, 0.25) is 5.71 Å². The maximum atomic E-state index is 12.6. The minimum absolute atomic E-state index is 0.0774.